The van der Waals surface area contributed by atoms with Crippen LogP contribution in [0.5, 0.6) is 11.5 Å². The number of urea groups is 1. The van der Waals surface area contributed by atoms with E-state index in [-0.39, 0.29) is 46.0 Å². The fraction of sp³-hybridized carbons (Fsp3) is 0.194. The molecule has 0 unspecified atom stereocenters. The number of halogens is 2. The lowest BCUT2D eigenvalue weighted by Crippen LogP contribution is -2.52. The van der Waals surface area contributed by atoms with Crippen LogP contribution in [0.3, 0.4) is 0 Å². The van der Waals surface area contributed by atoms with Gasteiger partial charge in [0.2, 0.25) is 0 Å². The molecule has 12 heteroatoms. The van der Waals surface area contributed by atoms with Gasteiger partial charge in [0.05, 0.1) is 35.3 Å². The third-order valence-corrected chi connectivity index (χ3v) is 9.97. The molecule has 0 spiro atoms. The molecule has 5 rings (SSSR count). The number of benzene rings is 4. The molecular weight excluding hydrogens is 613 g/mol. The van der Waals surface area contributed by atoms with Crippen molar-refractivity contribution >= 4 is 39.3 Å². The van der Waals surface area contributed by atoms with Crippen molar-refractivity contribution in [1.29, 1.82) is 0 Å². The third kappa shape index (κ3) is 6.74. The van der Waals surface area contributed by atoms with E-state index in [1.807, 2.05) is 30.3 Å². The number of carbonyl (C=O) groups is 1. The van der Waals surface area contributed by atoms with Crippen molar-refractivity contribution in [2.75, 3.05) is 6.54 Å². The van der Waals surface area contributed by atoms with E-state index >= 15 is 0 Å². The lowest BCUT2D eigenvalue weighted by molar-refractivity contribution is 0.0549. The maximum absolute atomic E-state index is 14.6. The number of rotatable bonds is 8. The first-order chi connectivity index (χ1) is 20.5. The van der Waals surface area contributed by atoms with Crippen LogP contribution < -0.4 is 0 Å². The van der Waals surface area contributed by atoms with Crippen molar-refractivity contribution in [3.63, 3.8) is 0 Å². The van der Waals surface area contributed by atoms with Gasteiger partial charge in [-0.3, -0.25) is 0 Å². The lowest BCUT2D eigenvalue weighted by Gasteiger charge is -2.36. The average molecular weight is 643 g/mol. The Morgan fingerprint density at radius 2 is 1.33 bits per heavy atom. The largest absolute Gasteiger partial charge is 0.508 e. The Labute approximate surface area is 259 Å². The molecule has 3 N–H and O–H groups in total. The number of amides is 2. The topological polar surface area (TPSA) is 122 Å². The maximum Gasteiger partial charge on any atom is 0.336 e. The first kappa shape index (κ1) is 30.7. The predicted octanol–water partition coefficient (Wildman–Crippen LogP) is 5.42. The molecule has 1 fully saturated rings. The summed E-state index contributed by atoms with van der Waals surface area (Å²) in [7, 11) is -4.53. The van der Waals surface area contributed by atoms with Crippen LogP contribution >= 0.6 is 23.2 Å². The van der Waals surface area contributed by atoms with Crippen molar-refractivity contribution < 1.29 is 28.5 Å². The van der Waals surface area contributed by atoms with Crippen molar-refractivity contribution in [3.8, 4) is 11.5 Å². The number of hydrogen-bond acceptors (Lipinski definition) is 6. The van der Waals surface area contributed by atoms with Crippen LogP contribution in [-0.4, -0.2) is 62.8 Å². The molecule has 1 saturated heterocycles. The van der Waals surface area contributed by atoms with Crippen LogP contribution in [-0.2, 0) is 29.5 Å². The highest BCUT2D eigenvalue weighted by molar-refractivity contribution is 7.89. The van der Waals surface area contributed by atoms with Crippen LogP contribution in [0.1, 0.15) is 16.7 Å². The normalized spacial score (nSPS) is 18.1. The van der Waals surface area contributed by atoms with Gasteiger partial charge in [-0.2, -0.15) is 0 Å². The number of aromatic hydroxyl groups is 2. The minimum atomic E-state index is -4.53. The molecule has 43 heavy (non-hydrogen) atoms. The molecule has 1 heterocycles. The van der Waals surface area contributed by atoms with Gasteiger partial charge < -0.3 is 20.2 Å². The summed E-state index contributed by atoms with van der Waals surface area (Å²) in [6, 6.07) is 24.3. The Bertz CT molecular complexity index is 1690. The van der Waals surface area contributed by atoms with Gasteiger partial charge in [-0.25, -0.2) is 18.2 Å². The quantitative estimate of drug-likeness (QED) is 0.236. The number of hydrazine groups is 1. The Hall–Kier alpha value is -3.80. The molecule has 1 aliphatic heterocycles. The van der Waals surface area contributed by atoms with Gasteiger partial charge in [0.1, 0.15) is 16.4 Å². The Morgan fingerprint density at radius 1 is 0.744 bits per heavy atom. The van der Waals surface area contributed by atoms with Crippen molar-refractivity contribution in [1.82, 2.24) is 14.3 Å². The van der Waals surface area contributed by atoms with E-state index in [2.05, 4.69) is 0 Å². The molecule has 2 amide bonds. The maximum atomic E-state index is 14.6. The molecule has 0 aromatic heterocycles. The summed E-state index contributed by atoms with van der Waals surface area (Å²) in [6.07, 6.45) is -1.08. The molecule has 0 saturated carbocycles. The smallest absolute Gasteiger partial charge is 0.336 e. The molecule has 2 atom stereocenters. The van der Waals surface area contributed by atoms with Gasteiger partial charge in [0, 0.05) is 6.54 Å². The summed E-state index contributed by atoms with van der Waals surface area (Å²) in [5, 5.41) is 32.2. The summed E-state index contributed by atoms with van der Waals surface area (Å²) in [4.78, 5) is 15.7. The number of aliphatic hydroxyl groups is 1. The number of carbonyl (C=O) groups excluding carboxylic acids is 1. The molecular formula is C31H29Cl2N3O6S. The standard InChI is InChI=1S/C31H29Cl2N3O6S/c32-26-7-4-8-29(30(26)33)43(41,42)36-20-28(39)27(17-21-5-2-1-3-6-21)34(18-22-9-13-24(37)14-10-22)31(40)35(36)19-23-11-15-25(38)16-12-23/h1-16,27-28,37-39H,17-20H2/t27-,28-/m1/s1. The number of hydrogen-bond donors (Lipinski definition) is 3. The first-order valence-corrected chi connectivity index (χ1v) is 15.6. The predicted molar refractivity (Wildman–Crippen MR) is 163 cm³/mol. The Balaban J connectivity index is 1.64. The van der Waals surface area contributed by atoms with E-state index < -0.39 is 34.7 Å². The molecule has 0 radical (unpaired) electrons. The second kappa shape index (κ2) is 12.8. The highest BCUT2D eigenvalue weighted by Gasteiger charge is 2.45. The van der Waals surface area contributed by atoms with Crippen LogP contribution in [0.2, 0.25) is 10.0 Å². The molecule has 4 aromatic carbocycles. The number of nitrogens with zero attached hydrogens (tertiary/aromatic N) is 3. The van der Waals surface area contributed by atoms with Gasteiger partial charge in [0.25, 0.3) is 10.0 Å². The summed E-state index contributed by atoms with van der Waals surface area (Å²) < 4.78 is 29.3. The van der Waals surface area contributed by atoms with E-state index in [0.717, 1.165) is 15.0 Å². The fourth-order valence-electron chi connectivity index (χ4n) is 5.00. The monoisotopic (exact) mass is 641 g/mol. The average Bonchev–Trinajstić information content (AvgIpc) is 3.08. The minimum Gasteiger partial charge on any atom is -0.508 e. The SMILES string of the molecule is O=C1N(Cc2ccc(O)cc2)[C@H](Cc2ccccc2)[C@H](O)CN(S(=O)(=O)c2cccc(Cl)c2Cl)N1Cc1ccc(O)cc1. The van der Waals surface area contributed by atoms with E-state index in [0.29, 0.717) is 11.1 Å². The van der Waals surface area contributed by atoms with Crippen molar-refractivity contribution in [2.45, 2.75) is 36.6 Å². The number of sulfonamides is 1. The molecule has 4 aromatic rings. The second-order valence-electron chi connectivity index (χ2n) is 10.2. The molecule has 224 valence electrons. The zero-order valence-corrected chi connectivity index (χ0v) is 25.1. The highest BCUT2D eigenvalue weighted by atomic mass is 35.5. The zero-order valence-electron chi connectivity index (χ0n) is 22.8. The van der Waals surface area contributed by atoms with E-state index in [1.54, 1.807) is 24.3 Å². The molecule has 0 bridgehead atoms. The fourth-order valence-corrected chi connectivity index (χ4v) is 7.20. The van der Waals surface area contributed by atoms with Gasteiger partial charge in [0.15, 0.2) is 0 Å². The number of phenols is 2. The summed E-state index contributed by atoms with van der Waals surface area (Å²) in [5.41, 5.74) is 2.04. The number of aliphatic hydroxyl groups excluding tert-OH is 1. The Kier molecular flexibility index (Phi) is 9.14. The zero-order chi connectivity index (χ0) is 30.7. The summed E-state index contributed by atoms with van der Waals surface area (Å²) >= 11 is 12.5. The van der Waals surface area contributed by atoms with Crippen molar-refractivity contribution in [2.24, 2.45) is 0 Å². The van der Waals surface area contributed by atoms with Crippen LogP contribution in [0.4, 0.5) is 4.79 Å². The number of phenolic OH excluding ortho intramolecular Hbond substituents is 2. The summed E-state index contributed by atoms with van der Waals surface area (Å²) in [5.74, 6) is 0.0601. The molecule has 0 aliphatic carbocycles. The Morgan fingerprint density at radius 3 is 1.93 bits per heavy atom. The highest BCUT2D eigenvalue weighted by Crippen LogP contribution is 2.34. The molecule has 1 aliphatic rings. The molecule has 9 nitrogen and oxygen atoms in total. The van der Waals surface area contributed by atoms with Crippen LogP contribution in [0, 0.1) is 0 Å². The van der Waals surface area contributed by atoms with Gasteiger partial charge in [-0.15, -0.1) is 4.41 Å². The van der Waals surface area contributed by atoms with Crippen LogP contribution in [0.15, 0.2) is 102 Å². The second-order valence-corrected chi connectivity index (χ2v) is 12.8. The van der Waals surface area contributed by atoms with Gasteiger partial charge in [-0.05, 0) is 59.5 Å². The third-order valence-electron chi connectivity index (χ3n) is 7.24. The summed E-state index contributed by atoms with van der Waals surface area (Å²) in [6.45, 7) is -0.641. The lowest BCUT2D eigenvalue weighted by atomic mass is 9.99. The van der Waals surface area contributed by atoms with Crippen molar-refractivity contribution in [3.05, 3.63) is 124 Å². The van der Waals surface area contributed by atoms with Gasteiger partial charge >= 0.3 is 6.03 Å². The van der Waals surface area contributed by atoms with E-state index in [4.69, 9.17) is 23.2 Å². The van der Waals surface area contributed by atoms with Gasteiger partial charge in [-0.1, -0.05) is 83.9 Å². The first-order valence-electron chi connectivity index (χ1n) is 13.4. The van der Waals surface area contributed by atoms with E-state index in [9.17, 15) is 28.5 Å². The van der Waals surface area contributed by atoms with E-state index in [1.165, 1.54) is 47.4 Å². The number of β-amino-alcohol motifs (C(OH)–C–C–N with tert-alkyl or cyclic N) is 1. The minimum absolute atomic E-state index is 0.00781. The van der Waals surface area contributed by atoms with Crippen LogP contribution in [0.25, 0.3) is 0 Å².